The van der Waals surface area contributed by atoms with Crippen LogP contribution >= 0.6 is 0 Å². The van der Waals surface area contributed by atoms with Crippen LogP contribution in [0.2, 0.25) is 0 Å². The summed E-state index contributed by atoms with van der Waals surface area (Å²) in [6.45, 7) is 0.764. The molecule has 152 valence electrons. The van der Waals surface area contributed by atoms with Crippen molar-refractivity contribution in [3.05, 3.63) is 24.3 Å². The lowest BCUT2D eigenvalue weighted by molar-refractivity contribution is -0.918. The predicted octanol–water partition coefficient (Wildman–Crippen LogP) is 0.277. The minimum atomic E-state index is -3.06. The van der Waals surface area contributed by atoms with Crippen molar-refractivity contribution in [2.75, 3.05) is 37.7 Å². The van der Waals surface area contributed by atoms with Gasteiger partial charge in [-0.05, 0) is 19.1 Å². The number of carbonyl (C=O) groups is 3. The van der Waals surface area contributed by atoms with Gasteiger partial charge in [0.1, 0.15) is 5.75 Å². The van der Waals surface area contributed by atoms with Crippen LogP contribution in [0.4, 0.5) is 19.3 Å². The highest BCUT2D eigenvalue weighted by molar-refractivity contribution is 6.22. The zero-order valence-corrected chi connectivity index (χ0v) is 15.4. The van der Waals surface area contributed by atoms with Crippen LogP contribution in [0.5, 0.6) is 5.75 Å². The number of halogens is 2. The molecule has 2 aliphatic rings. The maximum Gasteiger partial charge on any atom is 0.410 e. The van der Waals surface area contributed by atoms with Crippen LogP contribution in [0.1, 0.15) is 13.3 Å². The number of ether oxygens (including phenoxy) is 2. The van der Waals surface area contributed by atoms with E-state index in [1.807, 2.05) is 0 Å². The Kier molecular flexibility index (Phi) is 6.08. The molecule has 28 heavy (non-hydrogen) atoms. The van der Waals surface area contributed by atoms with E-state index in [0.717, 1.165) is 9.80 Å². The monoisotopic (exact) mass is 398 g/mol. The first-order chi connectivity index (χ1) is 13.4. The largest absolute Gasteiger partial charge is 0.450 e. The molecule has 0 aromatic heterocycles. The number of anilines is 1. The number of carbonyl (C=O) groups excluding carboxylic acids is 3. The van der Waals surface area contributed by atoms with Gasteiger partial charge in [-0.25, -0.2) is 9.69 Å². The molecule has 0 unspecified atom stereocenters. The topological polar surface area (TPSA) is 80.6 Å². The summed E-state index contributed by atoms with van der Waals surface area (Å²) in [4.78, 5) is 40.6. The number of imide groups is 1. The lowest BCUT2D eigenvalue weighted by atomic mass is 10.2. The van der Waals surface area contributed by atoms with Crippen LogP contribution in [-0.4, -0.2) is 68.2 Å². The molecule has 8 nitrogen and oxygen atoms in total. The second-order valence-electron chi connectivity index (χ2n) is 6.51. The third kappa shape index (κ3) is 4.06. The van der Waals surface area contributed by atoms with E-state index in [1.54, 1.807) is 17.9 Å². The van der Waals surface area contributed by atoms with Crippen LogP contribution in [0.3, 0.4) is 0 Å². The van der Waals surface area contributed by atoms with Crippen LogP contribution < -0.4 is 14.5 Å². The summed E-state index contributed by atoms with van der Waals surface area (Å²) < 4.78 is 34.7. The van der Waals surface area contributed by atoms with E-state index < -0.39 is 30.6 Å². The molecule has 2 heterocycles. The molecule has 0 bridgehead atoms. The van der Waals surface area contributed by atoms with Gasteiger partial charge in [0.25, 0.3) is 5.91 Å². The molecule has 3 amide bonds. The minimum absolute atomic E-state index is 0.0173. The summed E-state index contributed by atoms with van der Waals surface area (Å²) in [6.07, 6.45) is -0.411. The van der Waals surface area contributed by atoms with Crippen LogP contribution in [0.25, 0.3) is 0 Å². The van der Waals surface area contributed by atoms with Gasteiger partial charge in [-0.3, -0.25) is 14.5 Å². The van der Waals surface area contributed by atoms with Crippen molar-refractivity contribution < 1.29 is 37.5 Å². The first-order valence-corrected chi connectivity index (χ1v) is 9.09. The van der Waals surface area contributed by atoms with E-state index in [1.165, 1.54) is 18.2 Å². The summed E-state index contributed by atoms with van der Waals surface area (Å²) in [5.41, 5.74) is 0.0184. The zero-order valence-electron chi connectivity index (χ0n) is 15.4. The first kappa shape index (κ1) is 20.0. The Hall–Kier alpha value is -2.75. The number of alkyl halides is 2. The van der Waals surface area contributed by atoms with Crippen LogP contribution in [0, 0.1) is 0 Å². The highest BCUT2D eigenvalue weighted by atomic mass is 19.3. The molecule has 2 fully saturated rings. The van der Waals surface area contributed by atoms with Gasteiger partial charge in [-0.1, -0.05) is 12.1 Å². The van der Waals surface area contributed by atoms with Gasteiger partial charge < -0.3 is 14.4 Å². The number of benzene rings is 1. The Bertz CT molecular complexity index is 752. The highest BCUT2D eigenvalue weighted by Gasteiger charge is 2.47. The molecule has 0 spiro atoms. The number of hydrogen-bond acceptors (Lipinski definition) is 5. The zero-order chi connectivity index (χ0) is 20.3. The van der Waals surface area contributed by atoms with Gasteiger partial charge >= 0.3 is 12.7 Å². The number of piperazine rings is 1. The predicted molar refractivity (Wildman–Crippen MR) is 93.3 cm³/mol. The van der Waals surface area contributed by atoms with Gasteiger partial charge in [0.2, 0.25) is 5.91 Å². The Labute approximate surface area is 160 Å². The minimum Gasteiger partial charge on any atom is -0.450 e. The maximum absolute atomic E-state index is 12.9. The Morgan fingerprint density at radius 3 is 2.57 bits per heavy atom. The molecule has 1 aromatic rings. The van der Waals surface area contributed by atoms with Crippen molar-refractivity contribution in [2.24, 2.45) is 0 Å². The second kappa shape index (κ2) is 8.51. The fraction of sp³-hybridized carbons (Fsp3) is 0.500. The van der Waals surface area contributed by atoms with Crippen molar-refractivity contribution in [1.29, 1.82) is 0 Å². The number of rotatable bonds is 5. The second-order valence-corrected chi connectivity index (χ2v) is 6.51. The molecule has 2 saturated heterocycles. The molecule has 10 heteroatoms. The molecular weight excluding hydrogens is 376 g/mol. The summed E-state index contributed by atoms with van der Waals surface area (Å²) in [6, 6.07) is 5.12. The molecule has 3 rings (SSSR count). The third-order valence-corrected chi connectivity index (χ3v) is 4.89. The van der Waals surface area contributed by atoms with Gasteiger partial charge in [0, 0.05) is 0 Å². The van der Waals surface area contributed by atoms with Crippen molar-refractivity contribution in [3.63, 3.8) is 0 Å². The van der Waals surface area contributed by atoms with Gasteiger partial charge in [-0.2, -0.15) is 8.78 Å². The van der Waals surface area contributed by atoms with E-state index in [-0.39, 0.29) is 24.5 Å². The fourth-order valence-corrected chi connectivity index (χ4v) is 3.58. The molecular formula is C18H22F2N3O5+. The van der Waals surface area contributed by atoms with E-state index >= 15 is 0 Å². The summed E-state index contributed by atoms with van der Waals surface area (Å²) >= 11 is 0. The van der Waals surface area contributed by atoms with Crippen molar-refractivity contribution in [2.45, 2.75) is 26.0 Å². The van der Waals surface area contributed by atoms with E-state index in [4.69, 9.17) is 4.74 Å². The van der Waals surface area contributed by atoms with E-state index in [2.05, 4.69) is 4.74 Å². The Morgan fingerprint density at radius 2 is 1.93 bits per heavy atom. The van der Waals surface area contributed by atoms with Crippen molar-refractivity contribution in [3.8, 4) is 5.75 Å². The molecule has 0 radical (unpaired) electrons. The maximum atomic E-state index is 12.9. The Balaban J connectivity index is 1.71. The number of quaternary nitrogens is 1. The molecule has 2 aliphatic heterocycles. The number of nitrogens with one attached hydrogen (secondary N) is 1. The molecule has 1 N–H and O–H groups in total. The molecule has 0 saturated carbocycles. The number of nitrogens with zero attached hydrogens (tertiary/aromatic N) is 2. The SMILES string of the molecule is CCOC(=O)N1CC[NH+]([C@@H]2CC(=O)N(c3ccccc3OC(F)F)C2=O)CC1. The normalized spacial score (nSPS) is 20.8. The number of amides is 3. The van der Waals surface area contributed by atoms with Crippen molar-refractivity contribution in [1.82, 2.24) is 4.90 Å². The molecule has 0 aliphatic carbocycles. The highest BCUT2D eigenvalue weighted by Crippen LogP contribution is 2.32. The Morgan fingerprint density at radius 1 is 1.25 bits per heavy atom. The van der Waals surface area contributed by atoms with E-state index in [9.17, 15) is 23.2 Å². The van der Waals surface area contributed by atoms with E-state index in [0.29, 0.717) is 26.2 Å². The molecule has 1 aromatic carbocycles. The average Bonchev–Trinajstić information content (AvgIpc) is 2.96. The van der Waals surface area contributed by atoms with Crippen LogP contribution in [0.15, 0.2) is 24.3 Å². The van der Waals surface area contributed by atoms with Crippen LogP contribution in [-0.2, 0) is 14.3 Å². The average molecular weight is 398 g/mol. The lowest BCUT2D eigenvalue weighted by Crippen LogP contribution is -3.19. The van der Waals surface area contributed by atoms with Crippen molar-refractivity contribution >= 4 is 23.6 Å². The number of hydrogen-bond donors (Lipinski definition) is 1. The standard InChI is InChI=1S/C18H21F2N3O5/c1-2-27-18(26)22-9-7-21(8-10-22)13-11-15(24)23(16(13)25)12-5-3-4-6-14(12)28-17(19)20/h3-6,13,17H,2,7-11H2,1H3/p+1/t13-/m1/s1. The number of para-hydroxylation sites is 2. The smallest absolute Gasteiger partial charge is 0.410 e. The summed E-state index contributed by atoms with van der Waals surface area (Å²) in [5, 5.41) is 0. The van der Waals surface area contributed by atoms with Gasteiger partial charge in [0.15, 0.2) is 6.04 Å². The fourth-order valence-electron chi connectivity index (χ4n) is 3.58. The lowest BCUT2D eigenvalue weighted by Gasteiger charge is -2.33. The molecule has 1 atom stereocenters. The summed E-state index contributed by atoms with van der Waals surface area (Å²) in [7, 11) is 0. The van der Waals surface area contributed by atoms with Gasteiger partial charge in [0.05, 0.1) is 44.9 Å². The third-order valence-electron chi connectivity index (χ3n) is 4.89. The quantitative estimate of drug-likeness (QED) is 0.721. The summed E-state index contributed by atoms with van der Waals surface area (Å²) in [5.74, 6) is -1.13. The van der Waals surface area contributed by atoms with Gasteiger partial charge in [-0.15, -0.1) is 0 Å². The first-order valence-electron chi connectivity index (χ1n) is 9.09.